The van der Waals surface area contributed by atoms with Crippen molar-refractivity contribution in [3.8, 4) is 0 Å². The highest BCUT2D eigenvalue weighted by atomic mass is 32.1. The highest BCUT2D eigenvalue weighted by Crippen LogP contribution is 2.35. The summed E-state index contributed by atoms with van der Waals surface area (Å²) in [6, 6.07) is 6.53. The number of hydrogen-bond donors (Lipinski definition) is 3. The molecule has 4 aromatic rings. The number of nitrogens with two attached hydrogens (primary N) is 2. The number of imidazole rings is 1. The molecule has 29 heavy (non-hydrogen) atoms. The van der Waals surface area contributed by atoms with Crippen molar-refractivity contribution in [2.45, 2.75) is 51.5 Å². The SMILES string of the molecule is Cc1nc2ccc(Nc3c(C)c(N)nn4cc([C@H]5CC[C@H](N)CC5)nc34)cc2s1. The summed E-state index contributed by atoms with van der Waals surface area (Å²) in [5, 5.41) is 9.12. The first kappa shape index (κ1) is 18.3. The molecule has 8 heteroatoms. The largest absolute Gasteiger partial charge is 0.382 e. The lowest BCUT2D eigenvalue weighted by atomic mass is 9.85. The van der Waals surface area contributed by atoms with Gasteiger partial charge in [-0.15, -0.1) is 16.4 Å². The molecule has 3 aromatic heterocycles. The maximum absolute atomic E-state index is 6.22. The highest BCUT2D eigenvalue weighted by Gasteiger charge is 2.24. The fraction of sp³-hybridized carbons (Fsp3) is 0.381. The molecule has 1 aliphatic carbocycles. The van der Waals surface area contributed by atoms with Gasteiger partial charge in [-0.05, 0) is 57.7 Å². The standard InChI is InChI=1S/C21H25N7S/c1-11-19(25-15-7-8-16-18(9-15)29-12(2)24-16)21-26-17(10-28(21)27-20(11)23)13-3-5-14(22)6-4-13/h7-10,13-14,25H,3-6,22H2,1-2H3,(H2,23,27)/t13-,14-. The van der Waals surface area contributed by atoms with Crippen LogP contribution in [0.1, 0.15) is 47.9 Å². The normalized spacial score (nSPS) is 19.8. The van der Waals surface area contributed by atoms with Crippen molar-refractivity contribution >= 4 is 44.4 Å². The lowest BCUT2D eigenvalue weighted by Crippen LogP contribution is -2.25. The molecule has 0 bridgehead atoms. The number of thiazole rings is 1. The molecule has 1 aliphatic rings. The Morgan fingerprint density at radius 1 is 1.14 bits per heavy atom. The molecule has 1 fully saturated rings. The van der Waals surface area contributed by atoms with Gasteiger partial charge in [-0.1, -0.05) is 0 Å². The van der Waals surface area contributed by atoms with Gasteiger partial charge in [0.2, 0.25) is 0 Å². The van der Waals surface area contributed by atoms with Gasteiger partial charge in [0.05, 0.1) is 32.8 Å². The third kappa shape index (κ3) is 3.32. The zero-order chi connectivity index (χ0) is 20.1. The smallest absolute Gasteiger partial charge is 0.177 e. The summed E-state index contributed by atoms with van der Waals surface area (Å²) in [5.74, 6) is 0.937. The summed E-state index contributed by atoms with van der Waals surface area (Å²) in [6.07, 6.45) is 6.26. The number of benzene rings is 1. The van der Waals surface area contributed by atoms with Crippen LogP contribution in [0, 0.1) is 13.8 Å². The molecule has 5 N–H and O–H groups in total. The van der Waals surface area contributed by atoms with Gasteiger partial charge >= 0.3 is 0 Å². The Kier molecular flexibility index (Phi) is 4.40. The van der Waals surface area contributed by atoms with E-state index in [4.69, 9.17) is 16.5 Å². The molecule has 0 spiro atoms. The minimum Gasteiger partial charge on any atom is -0.382 e. The molecular weight excluding hydrogens is 382 g/mol. The number of rotatable bonds is 3. The van der Waals surface area contributed by atoms with Crippen LogP contribution in [-0.2, 0) is 0 Å². The number of fused-ring (bicyclic) bond motifs is 2. The lowest BCUT2D eigenvalue weighted by Gasteiger charge is -2.24. The molecule has 0 unspecified atom stereocenters. The maximum atomic E-state index is 6.22. The topological polar surface area (TPSA) is 107 Å². The van der Waals surface area contributed by atoms with E-state index in [9.17, 15) is 0 Å². The van der Waals surface area contributed by atoms with Gasteiger partial charge in [-0.25, -0.2) is 14.5 Å². The fourth-order valence-corrected chi connectivity index (χ4v) is 5.01. The molecule has 1 aromatic carbocycles. The van der Waals surface area contributed by atoms with Gasteiger partial charge in [-0.3, -0.25) is 0 Å². The predicted molar refractivity (Wildman–Crippen MR) is 119 cm³/mol. The summed E-state index contributed by atoms with van der Waals surface area (Å²) < 4.78 is 2.97. The summed E-state index contributed by atoms with van der Waals surface area (Å²) in [4.78, 5) is 9.50. The van der Waals surface area contributed by atoms with E-state index in [1.165, 1.54) is 0 Å². The molecule has 0 radical (unpaired) electrons. The molecule has 0 saturated heterocycles. The van der Waals surface area contributed by atoms with Crippen LogP contribution in [0.4, 0.5) is 17.2 Å². The Hall–Kier alpha value is -2.71. The molecule has 0 aliphatic heterocycles. The molecule has 0 atom stereocenters. The Balaban J connectivity index is 1.55. The van der Waals surface area contributed by atoms with Crippen LogP contribution in [0.2, 0.25) is 0 Å². The number of nitrogens with one attached hydrogen (secondary N) is 1. The summed E-state index contributed by atoms with van der Waals surface area (Å²) in [6.45, 7) is 4.01. The molecule has 5 rings (SSSR count). The second-order valence-corrected chi connectivity index (χ2v) is 9.21. The fourth-order valence-electron chi connectivity index (χ4n) is 4.15. The van der Waals surface area contributed by atoms with Crippen molar-refractivity contribution in [2.24, 2.45) is 5.73 Å². The van der Waals surface area contributed by atoms with Gasteiger partial charge < -0.3 is 16.8 Å². The van der Waals surface area contributed by atoms with Crippen LogP contribution >= 0.6 is 11.3 Å². The van der Waals surface area contributed by atoms with Crippen molar-refractivity contribution in [3.05, 3.63) is 40.7 Å². The minimum absolute atomic E-state index is 0.321. The Bertz CT molecular complexity index is 1200. The van der Waals surface area contributed by atoms with E-state index < -0.39 is 0 Å². The second-order valence-electron chi connectivity index (χ2n) is 7.97. The Morgan fingerprint density at radius 2 is 1.93 bits per heavy atom. The van der Waals surface area contributed by atoms with Gasteiger partial charge in [-0.2, -0.15) is 0 Å². The maximum Gasteiger partial charge on any atom is 0.177 e. The average Bonchev–Trinajstić information content (AvgIpc) is 3.28. The molecule has 150 valence electrons. The second kappa shape index (κ2) is 6.96. The van der Waals surface area contributed by atoms with Crippen LogP contribution in [0.5, 0.6) is 0 Å². The Morgan fingerprint density at radius 3 is 2.72 bits per heavy atom. The number of anilines is 3. The van der Waals surface area contributed by atoms with Crippen molar-refractivity contribution in [1.29, 1.82) is 0 Å². The quantitative estimate of drug-likeness (QED) is 0.468. The first-order valence-corrected chi connectivity index (χ1v) is 10.8. The third-order valence-corrected chi connectivity index (χ3v) is 6.79. The minimum atomic E-state index is 0.321. The van der Waals surface area contributed by atoms with Gasteiger partial charge in [0, 0.05) is 23.2 Å². The average molecular weight is 408 g/mol. The van der Waals surface area contributed by atoms with Crippen molar-refractivity contribution in [2.75, 3.05) is 11.1 Å². The van der Waals surface area contributed by atoms with Crippen molar-refractivity contribution in [3.63, 3.8) is 0 Å². The van der Waals surface area contributed by atoms with E-state index in [-0.39, 0.29) is 0 Å². The van der Waals surface area contributed by atoms with Gasteiger partial charge in [0.1, 0.15) is 5.82 Å². The van der Waals surface area contributed by atoms with Crippen molar-refractivity contribution < 1.29 is 0 Å². The number of aromatic nitrogens is 4. The summed E-state index contributed by atoms with van der Waals surface area (Å²) >= 11 is 1.69. The van der Waals surface area contributed by atoms with Crippen LogP contribution in [0.3, 0.4) is 0 Å². The van der Waals surface area contributed by atoms with Crippen LogP contribution in [0.25, 0.3) is 15.9 Å². The number of hydrogen-bond acceptors (Lipinski definition) is 7. The Labute approximate surface area is 173 Å². The molecule has 0 amide bonds. The van der Waals surface area contributed by atoms with Crippen LogP contribution < -0.4 is 16.8 Å². The summed E-state index contributed by atoms with van der Waals surface area (Å²) in [7, 11) is 0. The summed E-state index contributed by atoms with van der Waals surface area (Å²) in [5.41, 5.74) is 18.0. The molecule has 7 nitrogen and oxygen atoms in total. The first-order valence-electron chi connectivity index (χ1n) is 10.0. The zero-order valence-corrected chi connectivity index (χ0v) is 17.5. The molecule has 1 saturated carbocycles. The molecule has 3 heterocycles. The number of nitrogen functional groups attached to an aromatic ring is 1. The molecular formula is C21H25N7S. The van der Waals surface area contributed by atoms with Crippen molar-refractivity contribution in [1.82, 2.24) is 19.6 Å². The lowest BCUT2D eigenvalue weighted by molar-refractivity contribution is 0.391. The van der Waals surface area contributed by atoms with Crippen LogP contribution in [0.15, 0.2) is 24.4 Å². The van der Waals surface area contributed by atoms with E-state index in [0.717, 1.165) is 69.2 Å². The van der Waals surface area contributed by atoms with Crippen LogP contribution in [-0.4, -0.2) is 25.6 Å². The highest BCUT2D eigenvalue weighted by molar-refractivity contribution is 7.18. The van der Waals surface area contributed by atoms with Gasteiger partial charge in [0.25, 0.3) is 0 Å². The van der Waals surface area contributed by atoms with E-state index in [1.54, 1.807) is 11.3 Å². The zero-order valence-electron chi connectivity index (χ0n) is 16.6. The predicted octanol–water partition coefficient (Wildman–Crippen LogP) is 4.27. The van der Waals surface area contributed by atoms with E-state index in [0.29, 0.717) is 17.8 Å². The van der Waals surface area contributed by atoms with Gasteiger partial charge in [0.15, 0.2) is 5.65 Å². The first-order chi connectivity index (χ1) is 14.0. The van der Waals surface area contributed by atoms with E-state index in [2.05, 4.69) is 21.5 Å². The third-order valence-electron chi connectivity index (χ3n) is 5.86. The van der Waals surface area contributed by atoms with E-state index >= 15 is 0 Å². The monoisotopic (exact) mass is 407 g/mol. The van der Waals surface area contributed by atoms with E-state index in [1.807, 2.05) is 36.7 Å². The number of aryl methyl sites for hydroxylation is 1. The number of nitrogens with zero attached hydrogens (tertiary/aromatic N) is 4.